The zero-order chi connectivity index (χ0) is 14.3. The normalized spacial score (nSPS) is 22.4. The first kappa shape index (κ1) is 12.7. The molecule has 3 rings (SSSR count). The topological polar surface area (TPSA) is 86.3 Å². The van der Waals surface area contributed by atoms with Crippen molar-refractivity contribution in [2.24, 2.45) is 5.41 Å². The Morgan fingerprint density at radius 2 is 2.25 bits per heavy atom. The number of carbonyl (C=O) groups excluding carboxylic acids is 1. The largest absolute Gasteiger partial charge is 0.481 e. The van der Waals surface area contributed by atoms with Crippen LogP contribution in [0.25, 0.3) is 10.9 Å². The number of carboxylic acids is 1. The molecule has 1 fully saturated rings. The number of aromatic nitrogens is 2. The SMILES string of the molecule is CC1(C(=O)O)CCN(C(=O)c2cccc3[nH]ncc23)C1. The van der Waals surface area contributed by atoms with Gasteiger partial charge in [0.05, 0.1) is 22.7 Å². The number of carboxylic acid groups (broad SMARTS) is 1. The van der Waals surface area contributed by atoms with Crippen molar-refractivity contribution >= 4 is 22.8 Å². The molecule has 1 unspecified atom stereocenters. The summed E-state index contributed by atoms with van der Waals surface area (Å²) in [6.07, 6.45) is 2.10. The molecule has 0 radical (unpaired) electrons. The van der Waals surface area contributed by atoms with Crippen LogP contribution in [0.5, 0.6) is 0 Å². The van der Waals surface area contributed by atoms with Gasteiger partial charge < -0.3 is 10.0 Å². The van der Waals surface area contributed by atoms with Gasteiger partial charge in [-0.3, -0.25) is 14.7 Å². The van der Waals surface area contributed by atoms with Crippen molar-refractivity contribution in [1.82, 2.24) is 15.1 Å². The summed E-state index contributed by atoms with van der Waals surface area (Å²) in [6.45, 7) is 2.40. The van der Waals surface area contributed by atoms with Gasteiger partial charge in [0.1, 0.15) is 0 Å². The second kappa shape index (κ2) is 4.33. The lowest BCUT2D eigenvalue weighted by Crippen LogP contribution is -2.34. The molecule has 1 aliphatic heterocycles. The summed E-state index contributed by atoms with van der Waals surface area (Å²) in [4.78, 5) is 25.4. The highest BCUT2D eigenvalue weighted by Gasteiger charge is 2.42. The molecule has 1 aromatic heterocycles. The minimum atomic E-state index is -0.852. The van der Waals surface area contributed by atoms with Gasteiger partial charge in [0.15, 0.2) is 0 Å². The molecular weight excluding hydrogens is 258 g/mol. The number of carbonyl (C=O) groups is 2. The number of rotatable bonds is 2. The van der Waals surface area contributed by atoms with Gasteiger partial charge in [-0.25, -0.2) is 0 Å². The fourth-order valence-corrected chi connectivity index (χ4v) is 2.63. The molecule has 104 valence electrons. The highest BCUT2D eigenvalue weighted by Crippen LogP contribution is 2.31. The summed E-state index contributed by atoms with van der Waals surface area (Å²) in [6, 6.07) is 5.39. The van der Waals surface area contributed by atoms with Crippen molar-refractivity contribution in [1.29, 1.82) is 0 Å². The minimum Gasteiger partial charge on any atom is -0.481 e. The summed E-state index contributed by atoms with van der Waals surface area (Å²) in [5, 5.41) is 16.8. The minimum absolute atomic E-state index is 0.137. The molecule has 1 aromatic carbocycles. The molecule has 2 heterocycles. The predicted octanol–water partition coefficient (Wildman–Crippen LogP) is 1.50. The van der Waals surface area contributed by atoms with E-state index in [-0.39, 0.29) is 12.5 Å². The number of fused-ring (bicyclic) bond motifs is 1. The van der Waals surface area contributed by atoms with Crippen LogP contribution >= 0.6 is 0 Å². The van der Waals surface area contributed by atoms with Gasteiger partial charge in [-0.2, -0.15) is 5.10 Å². The third-order valence-electron chi connectivity index (χ3n) is 3.99. The first-order valence-electron chi connectivity index (χ1n) is 6.46. The zero-order valence-corrected chi connectivity index (χ0v) is 11.1. The van der Waals surface area contributed by atoms with Crippen molar-refractivity contribution in [3.63, 3.8) is 0 Å². The fourth-order valence-electron chi connectivity index (χ4n) is 2.63. The van der Waals surface area contributed by atoms with Crippen LogP contribution in [0.4, 0.5) is 0 Å². The number of benzene rings is 1. The number of H-pyrrole nitrogens is 1. The molecular formula is C14H15N3O3. The molecule has 2 aromatic rings. The van der Waals surface area contributed by atoms with Crippen LogP contribution in [0.1, 0.15) is 23.7 Å². The predicted molar refractivity (Wildman–Crippen MR) is 72.4 cm³/mol. The second-order valence-electron chi connectivity index (χ2n) is 5.48. The molecule has 0 saturated carbocycles. The van der Waals surface area contributed by atoms with Gasteiger partial charge in [0, 0.05) is 18.5 Å². The third kappa shape index (κ3) is 1.84. The zero-order valence-electron chi connectivity index (χ0n) is 11.1. The highest BCUT2D eigenvalue weighted by atomic mass is 16.4. The van der Waals surface area contributed by atoms with Crippen LogP contribution in [0.3, 0.4) is 0 Å². The summed E-state index contributed by atoms with van der Waals surface area (Å²) < 4.78 is 0. The van der Waals surface area contributed by atoms with Crippen LogP contribution in [-0.2, 0) is 4.79 Å². The maximum atomic E-state index is 12.6. The number of aromatic amines is 1. The summed E-state index contributed by atoms with van der Waals surface area (Å²) in [5.74, 6) is -0.990. The summed E-state index contributed by atoms with van der Waals surface area (Å²) in [5.41, 5.74) is 0.516. The van der Waals surface area contributed by atoms with Crippen LogP contribution in [0.2, 0.25) is 0 Å². The lowest BCUT2D eigenvalue weighted by molar-refractivity contribution is -0.147. The lowest BCUT2D eigenvalue weighted by atomic mass is 9.90. The first-order valence-corrected chi connectivity index (χ1v) is 6.46. The number of aliphatic carboxylic acids is 1. The summed E-state index contributed by atoms with van der Waals surface area (Å²) >= 11 is 0. The molecule has 1 amide bonds. The van der Waals surface area contributed by atoms with Crippen LogP contribution in [-0.4, -0.2) is 45.2 Å². The van der Waals surface area contributed by atoms with Gasteiger partial charge in [0.2, 0.25) is 0 Å². The van der Waals surface area contributed by atoms with E-state index >= 15 is 0 Å². The quantitative estimate of drug-likeness (QED) is 0.868. The molecule has 0 spiro atoms. The lowest BCUT2D eigenvalue weighted by Gasteiger charge is -2.20. The number of amides is 1. The van der Waals surface area contributed by atoms with Crippen LogP contribution in [0.15, 0.2) is 24.4 Å². The van der Waals surface area contributed by atoms with E-state index in [0.717, 1.165) is 10.9 Å². The van der Waals surface area contributed by atoms with E-state index in [9.17, 15) is 14.7 Å². The van der Waals surface area contributed by atoms with Gasteiger partial charge in [-0.15, -0.1) is 0 Å². The number of hydrogen-bond donors (Lipinski definition) is 2. The molecule has 1 atom stereocenters. The van der Waals surface area contributed by atoms with Gasteiger partial charge in [0.25, 0.3) is 5.91 Å². The Balaban J connectivity index is 1.91. The Morgan fingerprint density at radius 3 is 2.95 bits per heavy atom. The Hall–Kier alpha value is -2.37. The van der Waals surface area contributed by atoms with E-state index in [1.54, 1.807) is 30.2 Å². The smallest absolute Gasteiger partial charge is 0.311 e. The number of likely N-dealkylation sites (tertiary alicyclic amines) is 1. The standard InChI is InChI=1S/C14H15N3O3/c1-14(13(19)20)5-6-17(8-14)12(18)9-3-2-4-11-10(9)7-15-16-11/h2-4,7H,5-6,8H2,1H3,(H,15,16)(H,19,20). The number of hydrogen-bond acceptors (Lipinski definition) is 3. The van der Waals surface area contributed by atoms with E-state index in [1.807, 2.05) is 6.07 Å². The van der Waals surface area contributed by atoms with Crippen LogP contribution < -0.4 is 0 Å². The second-order valence-corrected chi connectivity index (χ2v) is 5.48. The average molecular weight is 273 g/mol. The highest BCUT2D eigenvalue weighted by molar-refractivity contribution is 6.06. The van der Waals surface area contributed by atoms with Crippen molar-refractivity contribution in [2.75, 3.05) is 13.1 Å². The number of nitrogens with zero attached hydrogens (tertiary/aromatic N) is 2. The Labute approximate surface area is 115 Å². The molecule has 0 aliphatic carbocycles. The van der Waals surface area contributed by atoms with E-state index in [0.29, 0.717) is 18.5 Å². The molecule has 20 heavy (non-hydrogen) atoms. The van der Waals surface area contributed by atoms with Crippen molar-refractivity contribution in [3.8, 4) is 0 Å². The average Bonchev–Trinajstić information content (AvgIpc) is 3.04. The van der Waals surface area contributed by atoms with E-state index in [2.05, 4.69) is 10.2 Å². The monoisotopic (exact) mass is 273 g/mol. The molecule has 1 aliphatic rings. The Bertz CT molecular complexity index is 694. The fraction of sp³-hybridized carbons (Fsp3) is 0.357. The first-order chi connectivity index (χ1) is 9.51. The van der Waals surface area contributed by atoms with Crippen LogP contribution in [0, 0.1) is 5.41 Å². The van der Waals surface area contributed by atoms with Crippen molar-refractivity contribution in [2.45, 2.75) is 13.3 Å². The molecule has 6 heteroatoms. The molecule has 1 saturated heterocycles. The third-order valence-corrected chi connectivity index (χ3v) is 3.99. The van der Waals surface area contributed by atoms with E-state index in [1.165, 1.54) is 0 Å². The van der Waals surface area contributed by atoms with Crippen molar-refractivity contribution in [3.05, 3.63) is 30.0 Å². The molecule has 2 N–H and O–H groups in total. The maximum absolute atomic E-state index is 12.6. The Morgan fingerprint density at radius 1 is 1.45 bits per heavy atom. The molecule has 6 nitrogen and oxygen atoms in total. The van der Waals surface area contributed by atoms with Gasteiger partial charge in [-0.05, 0) is 25.5 Å². The van der Waals surface area contributed by atoms with Gasteiger partial charge >= 0.3 is 5.97 Å². The maximum Gasteiger partial charge on any atom is 0.311 e. The number of nitrogens with one attached hydrogen (secondary N) is 1. The van der Waals surface area contributed by atoms with Crippen molar-refractivity contribution < 1.29 is 14.7 Å². The van der Waals surface area contributed by atoms with E-state index < -0.39 is 11.4 Å². The summed E-state index contributed by atoms with van der Waals surface area (Å²) in [7, 11) is 0. The van der Waals surface area contributed by atoms with Gasteiger partial charge in [-0.1, -0.05) is 6.07 Å². The Kier molecular flexibility index (Phi) is 2.74. The molecule has 0 bridgehead atoms. The van der Waals surface area contributed by atoms with E-state index in [4.69, 9.17) is 0 Å².